The number of aliphatic imine (C=N–C) groups is 1. The molecule has 0 radical (unpaired) electrons. The molecule has 1 aliphatic rings. The number of carbonyl (C=O) groups is 2. The third-order valence-electron chi connectivity index (χ3n) is 3.63. The monoisotopic (exact) mass is 399 g/mol. The molecule has 0 aliphatic carbocycles. The van der Waals surface area contributed by atoms with Crippen molar-refractivity contribution in [2.75, 3.05) is 13.7 Å². The quantitative estimate of drug-likeness (QED) is 0.431. The second-order valence-corrected chi connectivity index (χ2v) is 7.44. The van der Waals surface area contributed by atoms with Crippen LogP contribution in [0.2, 0.25) is 0 Å². The lowest BCUT2D eigenvalue weighted by atomic mass is 10.1. The highest BCUT2D eigenvalue weighted by Crippen LogP contribution is 2.34. The van der Waals surface area contributed by atoms with E-state index in [1.54, 1.807) is 41.3 Å². The van der Waals surface area contributed by atoms with E-state index in [4.69, 9.17) is 4.74 Å². The van der Waals surface area contributed by atoms with Crippen LogP contribution in [-0.2, 0) is 9.53 Å². The number of amidine groups is 1. The fourth-order valence-corrected chi connectivity index (χ4v) is 4.05. The Kier molecular flexibility index (Phi) is 5.88. The smallest absolute Gasteiger partial charge is 0.337 e. The molecule has 1 amide bonds. The van der Waals surface area contributed by atoms with Gasteiger partial charge in [0.15, 0.2) is 5.17 Å². The van der Waals surface area contributed by atoms with Gasteiger partial charge in [0.2, 0.25) is 5.13 Å². The van der Waals surface area contributed by atoms with Crippen molar-refractivity contribution < 1.29 is 14.3 Å². The number of methoxy groups -OCH3 is 1. The summed E-state index contributed by atoms with van der Waals surface area (Å²) in [6.07, 6.45) is 3.44. The average Bonchev–Trinajstić information content (AvgIpc) is 3.20. The van der Waals surface area contributed by atoms with Gasteiger partial charge in [-0.3, -0.25) is 9.69 Å². The van der Waals surface area contributed by atoms with Gasteiger partial charge < -0.3 is 4.74 Å². The summed E-state index contributed by atoms with van der Waals surface area (Å²) in [7, 11) is 1.34. The van der Waals surface area contributed by atoms with Gasteiger partial charge in [-0.05, 0) is 42.5 Å². The zero-order valence-electron chi connectivity index (χ0n) is 14.8. The maximum atomic E-state index is 12.7. The summed E-state index contributed by atoms with van der Waals surface area (Å²) in [4.78, 5) is 35.2. The third-order valence-corrected chi connectivity index (χ3v) is 5.49. The van der Waals surface area contributed by atoms with Crippen LogP contribution in [0.5, 0.6) is 0 Å². The number of amides is 1. The van der Waals surface area contributed by atoms with Crippen molar-refractivity contribution in [3.63, 3.8) is 0 Å². The molecule has 1 fully saturated rings. The first kappa shape index (κ1) is 19.1. The summed E-state index contributed by atoms with van der Waals surface area (Å²) in [5.74, 6) is -0.533. The number of hydrogen-bond donors (Lipinski definition) is 0. The van der Waals surface area contributed by atoms with Crippen LogP contribution >= 0.6 is 23.1 Å². The van der Waals surface area contributed by atoms with E-state index in [0.29, 0.717) is 27.3 Å². The molecule has 0 spiro atoms. The topological polar surface area (TPSA) is 71.9 Å². The van der Waals surface area contributed by atoms with Gasteiger partial charge in [0.25, 0.3) is 5.91 Å². The lowest BCUT2D eigenvalue weighted by Gasteiger charge is -2.11. The Hall–Kier alpha value is -2.71. The average molecular weight is 399 g/mol. The molecule has 27 heavy (non-hydrogen) atoms. The lowest BCUT2D eigenvalue weighted by Crippen LogP contribution is -2.29. The first-order valence-corrected chi connectivity index (χ1v) is 9.73. The zero-order chi connectivity index (χ0) is 19.4. The highest BCUT2D eigenvalue weighted by atomic mass is 32.2. The van der Waals surface area contributed by atoms with Gasteiger partial charge in [0, 0.05) is 11.9 Å². The molecule has 0 bridgehead atoms. The van der Waals surface area contributed by atoms with Crippen LogP contribution < -0.4 is 0 Å². The van der Waals surface area contributed by atoms with Gasteiger partial charge in [0.05, 0.1) is 23.3 Å². The van der Waals surface area contributed by atoms with Crippen molar-refractivity contribution in [2.24, 2.45) is 4.99 Å². The maximum Gasteiger partial charge on any atom is 0.337 e. The summed E-state index contributed by atoms with van der Waals surface area (Å²) < 4.78 is 4.69. The van der Waals surface area contributed by atoms with Crippen LogP contribution in [0.25, 0.3) is 6.08 Å². The molecule has 0 saturated carbocycles. The molecule has 2 heterocycles. The van der Waals surface area contributed by atoms with E-state index in [2.05, 4.69) is 16.6 Å². The number of benzene rings is 1. The van der Waals surface area contributed by atoms with Crippen molar-refractivity contribution in [1.82, 2.24) is 9.88 Å². The first-order valence-electron chi connectivity index (χ1n) is 8.03. The van der Waals surface area contributed by atoms with Gasteiger partial charge in [-0.2, -0.15) is 4.99 Å². The molecule has 1 aliphatic heterocycles. The number of carbonyl (C=O) groups excluding carboxylic acids is 2. The van der Waals surface area contributed by atoms with Gasteiger partial charge in [-0.25, -0.2) is 9.78 Å². The number of hydrogen-bond acceptors (Lipinski definition) is 7. The summed E-state index contributed by atoms with van der Waals surface area (Å²) in [6.45, 7) is 5.98. The highest BCUT2D eigenvalue weighted by Gasteiger charge is 2.32. The Labute approximate surface area is 165 Å². The number of esters is 1. The minimum absolute atomic E-state index is 0.135. The molecular formula is C19H17N3O3S2. The van der Waals surface area contributed by atoms with E-state index in [9.17, 15) is 9.59 Å². The van der Waals surface area contributed by atoms with Crippen molar-refractivity contribution in [3.05, 3.63) is 64.0 Å². The maximum absolute atomic E-state index is 12.7. The van der Waals surface area contributed by atoms with Crippen LogP contribution in [0, 0.1) is 6.92 Å². The van der Waals surface area contributed by atoms with E-state index < -0.39 is 5.97 Å². The van der Waals surface area contributed by atoms with Crippen molar-refractivity contribution in [3.8, 4) is 0 Å². The van der Waals surface area contributed by atoms with Crippen LogP contribution in [-0.4, -0.2) is 40.6 Å². The number of aromatic nitrogens is 1. The number of thioether (sulfide) groups is 1. The highest BCUT2D eigenvalue weighted by molar-refractivity contribution is 8.18. The van der Waals surface area contributed by atoms with Gasteiger partial charge in [-0.15, -0.1) is 17.9 Å². The number of nitrogens with zero attached hydrogens (tertiary/aromatic N) is 3. The molecule has 138 valence electrons. The predicted molar refractivity (Wildman–Crippen MR) is 109 cm³/mol. The summed E-state index contributed by atoms with van der Waals surface area (Å²) >= 11 is 2.73. The Morgan fingerprint density at radius 2 is 2.11 bits per heavy atom. The van der Waals surface area contributed by atoms with Gasteiger partial charge in [0.1, 0.15) is 0 Å². The summed E-state index contributed by atoms with van der Waals surface area (Å²) in [5.41, 5.74) is 2.16. The minimum Gasteiger partial charge on any atom is -0.465 e. The van der Waals surface area contributed by atoms with Crippen molar-refractivity contribution in [2.45, 2.75) is 6.92 Å². The Bertz CT molecular complexity index is 945. The number of ether oxygens (including phenoxy) is 1. The van der Waals surface area contributed by atoms with E-state index in [-0.39, 0.29) is 5.91 Å². The Morgan fingerprint density at radius 3 is 2.70 bits per heavy atom. The van der Waals surface area contributed by atoms with Crippen LogP contribution in [0.4, 0.5) is 5.13 Å². The molecule has 2 aromatic rings. The first-order chi connectivity index (χ1) is 13.0. The molecule has 8 heteroatoms. The third kappa shape index (κ3) is 4.35. The molecule has 1 aromatic heterocycles. The second kappa shape index (κ2) is 8.32. The number of thiazole rings is 1. The standard InChI is InChI=1S/C19H17N3O3S2/c1-4-9-22-16(23)15(27-19(22)21-18-20-12(2)11-26-18)10-13-5-7-14(8-6-13)17(24)25-3/h4-8,10-11H,1,9H2,2-3H3/b15-10-,21-19+. The second-order valence-electron chi connectivity index (χ2n) is 5.59. The Balaban J connectivity index is 1.88. The number of aryl methyl sites for hydroxylation is 1. The predicted octanol–water partition coefficient (Wildman–Crippen LogP) is 4.03. The largest absolute Gasteiger partial charge is 0.465 e. The fourth-order valence-electron chi connectivity index (χ4n) is 2.34. The van der Waals surface area contributed by atoms with E-state index >= 15 is 0 Å². The van der Waals surface area contributed by atoms with E-state index in [0.717, 1.165) is 11.3 Å². The molecule has 0 unspecified atom stereocenters. The Morgan fingerprint density at radius 1 is 1.37 bits per heavy atom. The van der Waals surface area contributed by atoms with E-state index in [1.165, 1.54) is 30.2 Å². The molecule has 1 aromatic carbocycles. The molecule has 0 atom stereocenters. The molecular weight excluding hydrogens is 382 g/mol. The minimum atomic E-state index is -0.397. The van der Waals surface area contributed by atoms with Crippen molar-refractivity contribution in [1.29, 1.82) is 0 Å². The normalized spacial score (nSPS) is 17.0. The van der Waals surface area contributed by atoms with Gasteiger partial charge >= 0.3 is 5.97 Å². The van der Waals surface area contributed by atoms with Crippen LogP contribution in [0.3, 0.4) is 0 Å². The molecule has 3 rings (SSSR count). The van der Waals surface area contributed by atoms with Crippen molar-refractivity contribution >= 4 is 51.4 Å². The lowest BCUT2D eigenvalue weighted by molar-refractivity contribution is -0.121. The number of rotatable bonds is 5. The molecule has 1 saturated heterocycles. The van der Waals surface area contributed by atoms with Crippen LogP contribution in [0.1, 0.15) is 21.6 Å². The SMILES string of the molecule is C=CCN1C(=O)/C(=C/c2ccc(C(=O)OC)cc2)S/C1=N/c1nc(C)cs1. The van der Waals surface area contributed by atoms with Gasteiger partial charge in [-0.1, -0.05) is 18.2 Å². The van der Waals surface area contributed by atoms with E-state index in [1.807, 2.05) is 12.3 Å². The van der Waals surface area contributed by atoms with Crippen LogP contribution in [0.15, 0.2) is 52.2 Å². The summed E-state index contributed by atoms with van der Waals surface area (Å²) in [6, 6.07) is 6.86. The zero-order valence-corrected chi connectivity index (χ0v) is 16.5. The summed E-state index contributed by atoms with van der Waals surface area (Å²) in [5, 5.41) is 3.10. The molecule has 0 N–H and O–H groups in total. The molecule has 6 nitrogen and oxygen atoms in total. The fraction of sp³-hybridized carbons (Fsp3) is 0.158.